The smallest absolute Gasteiger partial charge is 0.271 e. The van der Waals surface area contributed by atoms with Gasteiger partial charge in [-0.05, 0) is 42.0 Å². The van der Waals surface area contributed by atoms with Crippen molar-refractivity contribution in [2.24, 2.45) is 5.10 Å². The Morgan fingerprint density at radius 3 is 2.53 bits per heavy atom. The lowest BCUT2D eigenvalue weighted by atomic mass is 10.1. The molecule has 0 unspecified atom stereocenters. The Morgan fingerprint density at radius 1 is 0.933 bits per heavy atom. The molecule has 1 aliphatic heterocycles. The SMILES string of the molecule is C/C(CC(=O)Nc1ccc2c(c1)OCCO2)=N\NC(=O)c1ccc2ccccc2c1. The molecule has 7 heteroatoms. The van der Waals surface area contributed by atoms with E-state index in [9.17, 15) is 9.59 Å². The molecule has 0 spiro atoms. The van der Waals surface area contributed by atoms with E-state index < -0.39 is 0 Å². The maximum atomic E-state index is 12.4. The molecule has 30 heavy (non-hydrogen) atoms. The zero-order chi connectivity index (χ0) is 20.9. The van der Waals surface area contributed by atoms with Crippen LogP contribution in [0.2, 0.25) is 0 Å². The van der Waals surface area contributed by atoms with Gasteiger partial charge >= 0.3 is 0 Å². The molecular formula is C23H21N3O4. The Bertz CT molecular complexity index is 1140. The van der Waals surface area contributed by atoms with E-state index in [-0.39, 0.29) is 18.2 Å². The van der Waals surface area contributed by atoms with E-state index in [1.165, 1.54) is 0 Å². The molecule has 3 aromatic rings. The molecular weight excluding hydrogens is 382 g/mol. The van der Waals surface area contributed by atoms with E-state index in [1.54, 1.807) is 31.2 Å². The Morgan fingerprint density at radius 2 is 1.70 bits per heavy atom. The third-order valence-corrected chi connectivity index (χ3v) is 4.60. The molecule has 152 valence electrons. The van der Waals surface area contributed by atoms with Gasteiger partial charge < -0.3 is 14.8 Å². The van der Waals surface area contributed by atoms with E-state index in [1.807, 2.05) is 36.4 Å². The van der Waals surface area contributed by atoms with Gasteiger partial charge in [0.25, 0.3) is 5.91 Å². The first-order valence-corrected chi connectivity index (χ1v) is 9.60. The summed E-state index contributed by atoms with van der Waals surface area (Å²) in [6.45, 7) is 2.68. The lowest BCUT2D eigenvalue weighted by Crippen LogP contribution is -2.21. The topological polar surface area (TPSA) is 89.0 Å². The zero-order valence-corrected chi connectivity index (χ0v) is 16.5. The van der Waals surface area contributed by atoms with Crippen LogP contribution in [0.4, 0.5) is 5.69 Å². The summed E-state index contributed by atoms with van der Waals surface area (Å²) >= 11 is 0. The fourth-order valence-electron chi connectivity index (χ4n) is 3.14. The van der Waals surface area contributed by atoms with Crippen LogP contribution in [0, 0.1) is 0 Å². The summed E-state index contributed by atoms with van der Waals surface area (Å²) in [5, 5.41) is 8.87. The summed E-state index contributed by atoms with van der Waals surface area (Å²) in [6, 6.07) is 18.5. The number of amides is 2. The highest BCUT2D eigenvalue weighted by molar-refractivity contribution is 6.06. The monoisotopic (exact) mass is 403 g/mol. The number of nitrogens with one attached hydrogen (secondary N) is 2. The van der Waals surface area contributed by atoms with Crippen LogP contribution in [0.3, 0.4) is 0 Å². The minimum Gasteiger partial charge on any atom is -0.486 e. The quantitative estimate of drug-likeness (QED) is 0.502. The summed E-state index contributed by atoms with van der Waals surface area (Å²) < 4.78 is 11.0. The minimum atomic E-state index is -0.327. The average molecular weight is 403 g/mol. The molecule has 1 heterocycles. The normalized spacial score (nSPS) is 13.0. The molecule has 0 saturated heterocycles. The van der Waals surface area contributed by atoms with Crippen molar-refractivity contribution in [3.8, 4) is 11.5 Å². The van der Waals surface area contributed by atoms with Gasteiger partial charge in [-0.25, -0.2) is 5.43 Å². The molecule has 0 aromatic heterocycles. The molecule has 1 aliphatic rings. The van der Waals surface area contributed by atoms with Gasteiger partial charge in [0, 0.05) is 23.0 Å². The summed E-state index contributed by atoms with van der Waals surface area (Å²) in [4.78, 5) is 24.6. The van der Waals surface area contributed by atoms with E-state index in [0.29, 0.717) is 41.7 Å². The van der Waals surface area contributed by atoms with Gasteiger partial charge in [-0.3, -0.25) is 9.59 Å². The number of benzene rings is 3. The van der Waals surface area contributed by atoms with Gasteiger partial charge in [-0.1, -0.05) is 30.3 Å². The number of ether oxygens (including phenoxy) is 2. The van der Waals surface area contributed by atoms with E-state index in [0.717, 1.165) is 10.8 Å². The van der Waals surface area contributed by atoms with Crippen LogP contribution in [0.5, 0.6) is 11.5 Å². The van der Waals surface area contributed by atoms with E-state index in [2.05, 4.69) is 15.8 Å². The van der Waals surface area contributed by atoms with E-state index >= 15 is 0 Å². The van der Waals surface area contributed by atoms with Crippen molar-refractivity contribution >= 4 is 34.0 Å². The number of hydrogen-bond acceptors (Lipinski definition) is 5. The lowest BCUT2D eigenvalue weighted by Gasteiger charge is -2.19. The van der Waals surface area contributed by atoms with Crippen molar-refractivity contribution in [2.75, 3.05) is 18.5 Å². The third-order valence-electron chi connectivity index (χ3n) is 4.60. The van der Waals surface area contributed by atoms with Crippen molar-refractivity contribution < 1.29 is 19.1 Å². The Hall–Kier alpha value is -3.87. The Labute approximate surface area is 173 Å². The van der Waals surface area contributed by atoms with E-state index in [4.69, 9.17) is 9.47 Å². The second-order valence-electron chi connectivity index (χ2n) is 6.93. The summed E-state index contributed by atoms with van der Waals surface area (Å²) in [6.07, 6.45) is 0.0481. The molecule has 7 nitrogen and oxygen atoms in total. The van der Waals surface area contributed by atoms with Crippen molar-refractivity contribution in [3.63, 3.8) is 0 Å². The number of carbonyl (C=O) groups excluding carboxylic acids is 2. The first-order chi connectivity index (χ1) is 14.6. The molecule has 0 radical (unpaired) electrons. The molecule has 2 amide bonds. The van der Waals surface area contributed by atoms with Crippen molar-refractivity contribution in [2.45, 2.75) is 13.3 Å². The zero-order valence-electron chi connectivity index (χ0n) is 16.5. The molecule has 4 rings (SSSR count). The standard InChI is InChI=1S/C23H21N3O4/c1-15(12-22(27)24-19-8-9-20-21(14-19)30-11-10-29-20)25-26-23(28)18-7-6-16-4-2-3-5-17(16)13-18/h2-9,13-14H,10-12H2,1H3,(H,24,27)(H,26,28)/b25-15+. The minimum absolute atomic E-state index is 0.0481. The van der Waals surface area contributed by atoms with Crippen molar-refractivity contribution in [1.29, 1.82) is 0 Å². The number of hydrogen-bond donors (Lipinski definition) is 2. The fourth-order valence-corrected chi connectivity index (χ4v) is 3.14. The predicted octanol–water partition coefficient (Wildman–Crippen LogP) is 3.75. The van der Waals surface area contributed by atoms with Gasteiger partial charge in [-0.15, -0.1) is 0 Å². The number of fused-ring (bicyclic) bond motifs is 2. The first-order valence-electron chi connectivity index (χ1n) is 9.60. The fraction of sp³-hybridized carbons (Fsp3) is 0.174. The number of nitrogens with zero attached hydrogens (tertiary/aromatic N) is 1. The summed E-state index contributed by atoms with van der Waals surface area (Å²) in [5.74, 6) is 0.695. The van der Waals surface area contributed by atoms with Crippen LogP contribution >= 0.6 is 0 Å². The van der Waals surface area contributed by atoms with Gasteiger partial charge in [0.1, 0.15) is 13.2 Å². The van der Waals surface area contributed by atoms with Crippen LogP contribution in [-0.4, -0.2) is 30.7 Å². The Balaban J connectivity index is 1.34. The highest BCUT2D eigenvalue weighted by Gasteiger charge is 2.13. The van der Waals surface area contributed by atoms with Crippen LogP contribution < -0.4 is 20.2 Å². The second-order valence-corrected chi connectivity index (χ2v) is 6.93. The van der Waals surface area contributed by atoms with Crippen LogP contribution in [-0.2, 0) is 4.79 Å². The molecule has 0 saturated carbocycles. The highest BCUT2D eigenvalue weighted by Crippen LogP contribution is 2.32. The summed E-state index contributed by atoms with van der Waals surface area (Å²) in [7, 11) is 0. The molecule has 3 aromatic carbocycles. The number of rotatable bonds is 5. The molecule has 0 atom stereocenters. The van der Waals surface area contributed by atoms with Crippen molar-refractivity contribution in [1.82, 2.24) is 5.43 Å². The van der Waals surface area contributed by atoms with Crippen LogP contribution in [0.1, 0.15) is 23.7 Å². The Kier molecular flexibility index (Phi) is 5.61. The molecule has 2 N–H and O–H groups in total. The lowest BCUT2D eigenvalue weighted by molar-refractivity contribution is -0.115. The number of carbonyl (C=O) groups is 2. The average Bonchev–Trinajstić information content (AvgIpc) is 2.77. The van der Waals surface area contributed by atoms with Gasteiger partial charge in [0.05, 0.1) is 6.42 Å². The first kappa shape index (κ1) is 19.4. The highest BCUT2D eigenvalue weighted by atomic mass is 16.6. The predicted molar refractivity (Wildman–Crippen MR) is 115 cm³/mol. The maximum absolute atomic E-state index is 12.4. The van der Waals surface area contributed by atoms with Crippen LogP contribution in [0.15, 0.2) is 65.8 Å². The number of hydrazone groups is 1. The second kappa shape index (κ2) is 8.65. The third kappa shape index (κ3) is 4.57. The van der Waals surface area contributed by atoms with Crippen molar-refractivity contribution in [3.05, 3.63) is 66.2 Å². The molecule has 0 aliphatic carbocycles. The van der Waals surface area contributed by atoms with Gasteiger partial charge in [0.15, 0.2) is 11.5 Å². The van der Waals surface area contributed by atoms with Gasteiger partial charge in [0.2, 0.25) is 5.91 Å². The largest absolute Gasteiger partial charge is 0.486 e. The number of anilines is 1. The molecule has 0 bridgehead atoms. The van der Waals surface area contributed by atoms with Gasteiger partial charge in [-0.2, -0.15) is 5.10 Å². The van der Waals surface area contributed by atoms with Crippen LogP contribution in [0.25, 0.3) is 10.8 Å². The molecule has 0 fully saturated rings. The summed E-state index contributed by atoms with van der Waals surface area (Å²) in [5.41, 5.74) is 4.11. The maximum Gasteiger partial charge on any atom is 0.271 e.